The SMILES string of the molecule is COCCCNC(=O)CCNC(=O)c1ccc(Cl)cc1. The van der Waals surface area contributed by atoms with Crippen molar-refractivity contribution in [1.29, 1.82) is 0 Å². The molecule has 0 atom stereocenters. The first-order chi connectivity index (χ1) is 9.63. The zero-order valence-corrected chi connectivity index (χ0v) is 12.2. The van der Waals surface area contributed by atoms with Crippen LogP contribution in [0.25, 0.3) is 0 Å². The minimum atomic E-state index is -0.214. The highest BCUT2D eigenvalue weighted by Crippen LogP contribution is 2.09. The van der Waals surface area contributed by atoms with Gasteiger partial charge in [-0.25, -0.2) is 0 Å². The number of hydrogen-bond acceptors (Lipinski definition) is 3. The lowest BCUT2D eigenvalue weighted by molar-refractivity contribution is -0.120. The summed E-state index contributed by atoms with van der Waals surface area (Å²) in [5.74, 6) is -0.300. The molecule has 0 fully saturated rings. The van der Waals surface area contributed by atoms with E-state index in [1.807, 2.05) is 0 Å². The number of ether oxygens (including phenoxy) is 1. The van der Waals surface area contributed by atoms with E-state index in [9.17, 15) is 9.59 Å². The van der Waals surface area contributed by atoms with Crippen molar-refractivity contribution in [2.45, 2.75) is 12.8 Å². The highest BCUT2D eigenvalue weighted by Gasteiger charge is 2.06. The van der Waals surface area contributed by atoms with Crippen molar-refractivity contribution >= 4 is 23.4 Å². The molecule has 0 heterocycles. The smallest absolute Gasteiger partial charge is 0.251 e. The van der Waals surface area contributed by atoms with Crippen LogP contribution >= 0.6 is 11.6 Å². The minimum absolute atomic E-state index is 0.0856. The summed E-state index contributed by atoms with van der Waals surface area (Å²) in [6.45, 7) is 1.50. The molecule has 0 spiro atoms. The first-order valence-corrected chi connectivity index (χ1v) is 6.80. The predicted octanol–water partition coefficient (Wildman–Crippen LogP) is 1.61. The van der Waals surface area contributed by atoms with Crippen LogP contribution in [0.5, 0.6) is 0 Å². The molecule has 0 aliphatic carbocycles. The fourth-order valence-corrected chi connectivity index (χ4v) is 1.65. The van der Waals surface area contributed by atoms with Gasteiger partial charge in [0.15, 0.2) is 0 Å². The molecule has 20 heavy (non-hydrogen) atoms. The molecule has 0 saturated heterocycles. The van der Waals surface area contributed by atoms with Gasteiger partial charge in [0.1, 0.15) is 0 Å². The van der Waals surface area contributed by atoms with Crippen LogP contribution in [-0.2, 0) is 9.53 Å². The molecule has 6 heteroatoms. The molecule has 2 N–H and O–H groups in total. The van der Waals surface area contributed by atoms with Crippen LogP contribution < -0.4 is 10.6 Å². The van der Waals surface area contributed by atoms with Crippen LogP contribution in [0, 0.1) is 0 Å². The lowest BCUT2D eigenvalue weighted by Crippen LogP contribution is -2.31. The summed E-state index contributed by atoms with van der Waals surface area (Å²) in [5.41, 5.74) is 0.523. The molecule has 0 radical (unpaired) electrons. The van der Waals surface area contributed by atoms with Gasteiger partial charge in [0, 0.05) is 43.8 Å². The highest BCUT2D eigenvalue weighted by atomic mass is 35.5. The van der Waals surface area contributed by atoms with Gasteiger partial charge in [-0.1, -0.05) is 11.6 Å². The third-order valence-corrected chi connectivity index (χ3v) is 2.84. The van der Waals surface area contributed by atoms with Crippen molar-refractivity contribution in [3.63, 3.8) is 0 Å². The van der Waals surface area contributed by atoms with Crippen LogP contribution in [0.2, 0.25) is 5.02 Å². The molecule has 110 valence electrons. The zero-order valence-electron chi connectivity index (χ0n) is 11.4. The lowest BCUT2D eigenvalue weighted by atomic mass is 10.2. The van der Waals surface area contributed by atoms with E-state index in [2.05, 4.69) is 10.6 Å². The molecule has 1 aromatic rings. The Balaban J connectivity index is 2.18. The lowest BCUT2D eigenvalue weighted by Gasteiger charge is -2.06. The third-order valence-electron chi connectivity index (χ3n) is 2.59. The maximum atomic E-state index is 11.7. The summed E-state index contributed by atoms with van der Waals surface area (Å²) >= 11 is 5.74. The van der Waals surface area contributed by atoms with E-state index in [1.54, 1.807) is 31.4 Å². The number of amides is 2. The Morgan fingerprint density at radius 1 is 1.15 bits per heavy atom. The van der Waals surface area contributed by atoms with E-state index in [4.69, 9.17) is 16.3 Å². The summed E-state index contributed by atoms with van der Waals surface area (Å²) in [5, 5.41) is 6.01. The van der Waals surface area contributed by atoms with Gasteiger partial charge in [-0.2, -0.15) is 0 Å². The normalized spacial score (nSPS) is 10.1. The minimum Gasteiger partial charge on any atom is -0.385 e. The van der Waals surface area contributed by atoms with Crippen molar-refractivity contribution in [1.82, 2.24) is 10.6 Å². The molecule has 0 aliphatic rings. The van der Waals surface area contributed by atoms with Crippen LogP contribution in [-0.4, -0.2) is 38.6 Å². The maximum Gasteiger partial charge on any atom is 0.251 e. The molecule has 2 amide bonds. The van der Waals surface area contributed by atoms with E-state index in [-0.39, 0.29) is 18.2 Å². The van der Waals surface area contributed by atoms with Crippen molar-refractivity contribution in [2.75, 3.05) is 26.8 Å². The van der Waals surface area contributed by atoms with Crippen LogP contribution in [0.4, 0.5) is 0 Å². The average molecular weight is 299 g/mol. The topological polar surface area (TPSA) is 67.4 Å². The van der Waals surface area contributed by atoms with E-state index in [0.29, 0.717) is 30.3 Å². The molecule has 5 nitrogen and oxygen atoms in total. The molecule has 1 aromatic carbocycles. The quantitative estimate of drug-likeness (QED) is 0.717. The number of rotatable bonds is 8. The average Bonchev–Trinajstić information content (AvgIpc) is 2.44. The van der Waals surface area contributed by atoms with E-state index >= 15 is 0 Å². The van der Waals surface area contributed by atoms with Gasteiger partial charge in [-0.15, -0.1) is 0 Å². The first kappa shape index (κ1) is 16.5. The number of methoxy groups -OCH3 is 1. The largest absolute Gasteiger partial charge is 0.385 e. The second kappa shape index (κ2) is 9.34. The summed E-state index contributed by atoms with van der Waals surface area (Å²) in [4.78, 5) is 23.2. The van der Waals surface area contributed by atoms with Crippen molar-refractivity contribution < 1.29 is 14.3 Å². The Morgan fingerprint density at radius 3 is 2.50 bits per heavy atom. The van der Waals surface area contributed by atoms with Crippen LogP contribution in [0.1, 0.15) is 23.2 Å². The maximum absolute atomic E-state index is 11.7. The number of halogens is 1. The van der Waals surface area contributed by atoms with Crippen molar-refractivity contribution in [2.24, 2.45) is 0 Å². The molecule has 0 aliphatic heterocycles. The summed E-state index contributed by atoms with van der Waals surface area (Å²) in [6, 6.07) is 6.59. The number of nitrogens with one attached hydrogen (secondary N) is 2. The Kier molecular flexibility index (Phi) is 7.69. The Bertz CT molecular complexity index is 435. The van der Waals surface area contributed by atoms with E-state index in [1.165, 1.54) is 0 Å². The Hall–Kier alpha value is -1.59. The Morgan fingerprint density at radius 2 is 1.85 bits per heavy atom. The highest BCUT2D eigenvalue weighted by molar-refractivity contribution is 6.30. The second-order valence-electron chi connectivity index (χ2n) is 4.21. The van der Waals surface area contributed by atoms with Gasteiger partial charge >= 0.3 is 0 Å². The van der Waals surface area contributed by atoms with Gasteiger partial charge in [-0.3, -0.25) is 9.59 Å². The summed E-state index contributed by atoms with van der Waals surface area (Å²) < 4.78 is 4.88. The van der Waals surface area contributed by atoms with Crippen LogP contribution in [0.3, 0.4) is 0 Å². The van der Waals surface area contributed by atoms with Gasteiger partial charge in [-0.05, 0) is 30.7 Å². The van der Waals surface area contributed by atoms with Gasteiger partial charge in [0.2, 0.25) is 5.91 Å². The van der Waals surface area contributed by atoms with Gasteiger partial charge in [0.05, 0.1) is 0 Å². The zero-order chi connectivity index (χ0) is 14.8. The van der Waals surface area contributed by atoms with Gasteiger partial charge in [0.25, 0.3) is 5.91 Å². The molecule has 0 saturated carbocycles. The Labute approximate surface area is 123 Å². The molecular weight excluding hydrogens is 280 g/mol. The van der Waals surface area contributed by atoms with E-state index in [0.717, 1.165) is 6.42 Å². The second-order valence-corrected chi connectivity index (χ2v) is 4.65. The number of carbonyl (C=O) groups is 2. The first-order valence-electron chi connectivity index (χ1n) is 6.43. The fraction of sp³-hybridized carbons (Fsp3) is 0.429. The number of hydrogen-bond donors (Lipinski definition) is 2. The van der Waals surface area contributed by atoms with E-state index < -0.39 is 0 Å². The fourth-order valence-electron chi connectivity index (χ4n) is 1.53. The molecule has 0 aromatic heterocycles. The predicted molar refractivity (Wildman–Crippen MR) is 77.9 cm³/mol. The standard InChI is InChI=1S/C14H19ClN2O3/c1-20-10-2-8-16-13(18)7-9-17-14(19)11-3-5-12(15)6-4-11/h3-6H,2,7-10H2,1H3,(H,16,18)(H,17,19). The monoisotopic (exact) mass is 298 g/mol. The number of benzene rings is 1. The van der Waals surface area contributed by atoms with Crippen molar-refractivity contribution in [3.8, 4) is 0 Å². The molecule has 0 unspecified atom stereocenters. The van der Waals surface area contributed by atoms with Crippen molar-refractivity contribution in [3.05, 3.63) is 34.9 Å². The molecule has 0 bridgehead atoms. The van der Waals surface area contributed by atoms with Crippen LogP contribution in [0.15, 0.2) is 24.3 Å². The molecule has 1 rings (SSSR count). The molecular formula is C14H19ClN2O3. The third kappa shape index (κ3) is 6.54. The number of carbonyl (C=O) groups excluding carboxylic acids is 2. The summed E-state index contributed by atoms with van der Waals surface area (Å²) in [6.07, 6.45) is 1.03. The summed E-state index contributed by atoms with van der Waals surface area (Å²) in [7, 11) is 1.62. The van der Waals surface area contributed by atoms with Gasteiger partial charge < -0.3 is 15.4 Å².